The SMILES string of the molecule is CCN(CC)c1ccc(CNC(=O)c2nnn3c2c(=O)[nH]c2ccccc23)cc1. The van der Waals surface area contributed by atoms with Gasteiger partial charge in [-0.2, -0.15) is 0 Å². The highest BCUT2D eigenvalue weighted by Crippen LogP contribution is 2.15. The largest absolute Gasteiger partial charge is 0.372 e. The first-order valence-electron chi connectivity index (χ1n) is 9.61. The van der Waals surface area contributed by atoms with Crippen LogP contribution in [0.5, 0.6) is 0 Å². The van der Waals surface area contributed by atoms with Gasteiger partial charge in [-0.25, -0.2) is 4.52 Å². The van der Waals surface area contributed by atoms with Crippen LogP contribution in [0.3, 0.4) is 0 Å². The van der Waals surface area contributed by atoms with Crippen LogP contribution in [0.25, 0.3) is 16.6 Å². The van der Waals surface area contributed by atoms with Crippen molar-refractivity contribution in [2.75, 3.05) is 18.0 Å². The Morgan fingerprint density at radius 3 is 2.55 bits per heavy atom. The van der Waals surface area contributed by atoms with Crippen molar-refractivity contribution in [1.29, 1.82) is 0 Å². The number of aromatic amines is 1. The third kappa shape index (κ3) is 3.44. The highest BCUT2D eigenvalue weighted by atomic mass is 16.2. The van der Waals surface area contributed by atoms with E-state index in [-0.39, 0.29) is 11.2 Å². The summed E-state index contributed by atoms with van der Waals surface area (Å²) in [5.74, 6) is -0.436. The number of nitrogens with one attached hydrogen (secondary N) is 2. The molecule has 8 nitrogen and oxygen atoms in total. The minimum absolute atomic E-state index is 0.0109. The van der Waals surface area contributed by atoms with Crippen molar-refractivity contribution in [3.8, 4) is 0 Å². The van der Waals surface area contributed by atoms with Gasteiger partial charge in [-0.3, -0.25) is 9.59 Å². The molecule has 8 heteroatoms. The molecule has 0 spiro atoms. The van der Waals surface area contributed by atoms with Crippen molar-refractivity contribution in [3.05, 3.63) is 70.1 Å². The Bertz CT molecular complexity index is 1220. The summed E-state index contributed by atoms with van der Waals surface area (Å²) in [6.07, 6.45) is 0. The minimum Gasteiger partial charge on any atom is -0.372 e. The summed E-state index contributed by atoms with van der Waals surface area (Å²) in [7, 11) is 0. The van der Waals surface area contributed by atoms with Crippen LogP contribution >= 0.6 is 0 Å². The van der Waals surface area contributed by atoms with E-state index in [9.17, 15) is 9.59 Å². The Morgan fingerprint density at radius 2 is 1.83 bits per heavy atom. The summed E-state index contributed by atoms with van der Waals surface area (Å²) in [5, 5.41) is 10.8. The monoisotopic (exact) mass is 390 g/mol. The molecule has 1 amide bonds. The van der Waals surface area contributed by atoms with Gasteiger partial charge in [0.05, 0.1) is 11.0 Å². The van der Waals surface area contributed by atoms with Gasteiger partial charge in [0.15, 0.2) is 11.2 Å². The fourth-order valence-electron chi connectivity index (χ4n) is 3.43. The van der Waals surface area contributed by atoms with Crippen LogP contribution in [0, 0.1) is 0 Å². The summed E-state index contributed by atoms with van der Waals surface area (Å²) in [5.41, 5.74) is 3.17. The number of fused-ring (bicyclic) bond motifs is 3. The number of anilines is 1. The summed E-state index contributed by atoms with van der Waals surface area (Å²) in [6, 6.07) is 15.3. The number of para-hydroxylation sites is 2. The number of H-pyrrole nitrogens is 1. The molecule has 2 aromatic heterocycles. The standard InChI is InChI=1S/C21H22N6O2/c1-3-26(4-2)15-11-9-14(10-12-15)13-22-20(28)18-19-21(29)23-16-7-5-6-8-17(16)27(19)25-24-18/h5-12H,3-4,13H2,1-2H3,(H,22,28)(H,23,29). The van der Waals surface area contributed by atoms with E-state index in [1.807, 2.05) is 42.5 Å². The highest BCUT2D eigenvalue weighted by molar-refractivity contribution is 5.99. The van der Waals surface area contributed by atoms with Crippen LogP contribution in [-0.2, 0) is 6.54 Å². The molecule has 0 aliphatic heterocycles. The minimum atomic E-state index is -0.436. The zero-order chi connectivity index (χ0) is 20.4. The molecular weight excluding hydrogens is 368 g/mol. The number of nitrogens with zero attached hydrogens (tertiary/aromatic N) is 4. The third-order valence-corrected chi connectivity index (χ3v) is 5.00. The lowest BCUT2D eigenvalue weighted by Crippen LogP contribution is -2.25. The molecule has 0 aliphatic rings. The number of carbonyl (C=O) groups is 1. The summed E-state index contributed by atoms with van der Waals surface area (Å²) in [4.78, 5) is 30.2. The number of benzene rings is 2. The van der Waals surface area contributed by atoms with E-state index in [2.05, 4.69) is 39.4 Å². The van der Waals surface area contributed by atoms with Gasteiger partial charge in [0, 0.05) is 25.3 Å². The molecule has 0 saturated carbocycles. The molecular formula is C21H22N6O2. The predicted octanol–water partition coefficient (Wildman–Crippen LogP) is 2.35. The van der Waals surface area contributed by atoms with Gasteiger partial charge in [0.1, 0.15) is 0 Å². The van der Waals surface area contributed by atoms with Crippen LogP contribution in [0.2, 0.25) is 0 Å². The number of hydrogen-bond acceptors (Lipinski definition) is 5. The molecule has 2 N–H and O–H groups in total. The van der Waals surface area contributed by atoms with E-state index in [0.717, 1.165) is 24.3 Å². The van der Waals surface area contributed by atoms with E-state index < -0.39 is 11.5 Å². The molecule has 4 rings (SSSR count). The average Bonchev–Trinajstić information content (AvgIpc) is 3.20. The molecule has 0 fully saturated rings. The molecule has 0 bridgehead atoms. The van der Waals surface area contributed by atoms with E-state index in [0.29, 0.717) is 17.6 Å². The van der Waals surface area contributed by atoms with E-state index >= 15 is 0 Å². The van der Waals surface area contributed by atoms with Crippen molar-refractivity contribution in [2.24, 2.45) is 0 Å². The third-order valence-electron chi connectivity index (χ3n) is 5.00. The summed E-state index contributed by atoms with van der Waals surface area (Å²) >= 11 is 0. The lowest BCUT2D eigenvalue weighted by Gasteiger charge is -2.21. The molecule has 0 atom stereocenters. The first kappa shape index (κ1) is 18.7. The van der Waals surface area contributed by atoms with Gasteiger partial charge < -0.3 is 15.2 Å². The fourth-order valence-corrected chi connectivity index (χ4v) is 3.43. The zero-order valence-electron chi connectivity index (χ0n) is 16.3. The summed E-state index contributed by atoms with van der Waals surface area (Å²) < 4.78 is 1.40. The first-order valence-corrected chi connectivity index (χ1v) is 9.61. The number of hydrogen-bond donors (Lipinski definition) is 2. The van der Waals surface area contributed by atoms with E-state index in [4.69, 9.17) is 0 Å². The van der Waals surface area contributed by atoms with Crippen molar-refractivity contribution in [3.63, 3.8) is 0 Å². The van der Waals surface area contributed by atoms with Gasteiger partial charge in [-0.05, 0) is 43.7 Å². The molecule has 29 heavy (non-hydrogen) atoms. The maximum atomic E-state index is 12.7. The van der Waals surface area contributed by atoms with Crippen molar-refractivity contribution in [1.82, 2.24) is 25.1 Å². The number of carbonyl (C=O) groups excluding carboxylic acids is 1. The van der Waals surface area contributed by atoms with Crippen molar-refractivity contribution >= 4 is 28.1 Å². The molecule has 2 heterocycles. The molecule has 0 radical (unpaired) electrons. The van der Waals surface area contributed by atoms with Crippen molar-refractivity contribution in [2.45, 2.75) is 20.4 Å². The Hall–Kier alpha value is -3.68. The topological polar surface area (TPSA) is 95.4 Å². The van der Waals surface area contributed by atoms with Gasteiger partial charge in [-0.1, -0.05) is 29.5 Å². The fraction of sp³-hybridized carbons (Fsp3) is 0.238. The zero-order valence-corrected chi connectivity index (χ0v) is 16.3. The van der Waals surface area contributed by atoms with Crippen LogP contribution < -0.4 is 15.8 Å². The Balaban J connectivity index is 1.55. The van der Waals surface area contributed by atoms with E-state index in [1.165, 1.54) is 4.52 Å². The maximum absolute atomic E-state index is 12.7. The first-order chi connectivity index (χ1) is 14.1. The lowest BCUT2D eigenvalue weighted by atomic mass is 10.2. The second-order valence-corrected chi connectivity index (χ2v) is 6.69. The molecule has 0 unspecified atom stereocenters. The molecule has 2 aromatic carbocycles. The van der Waals surface area contributed by atoms with Gasteiger partial charge >= 0.3 is 0 Å². The van der Waals surface area contributed by atoms with E-state index in [1.54, 1.807) is 6.07 Å². The molecule has 148 valence electrons. The Morgan fingerprint density at radius 1 is 1.10 bits per heavy atom. The average molecular weight is 390 g/mol. The number of amides is 1. The molecule has 0 aliphatic carbocycles. The van der Waals surface area contributed by atoms with Crippen LogP contribution in [0.1, 0.15) is 29.9 Å². The Kier molecular flexibility index (Phi) is 4.99. The Labute approximate surface area is 167 Å². The van der Waals surface area contributed by atoms with Gasteiger partial charge in [0.2, 0.25) is 0 Å². The molecule has 4 aromatic rings. The van der Waals surface area contributed by atoms with Crippen molar-refractivity contribution < 1.29 is 4.79 Å². The van der Waals surface area contributed by atoms with Crippen LogP contribution in [-0.4, -0.2) is 38.8 Å². The lowest BCUT2D eigenvalue weighted by molar-refractivity contribution is 0.0947. The van der Waals surface area contributed by atoms with Crippen LogP contribution in [0.15, 0.2) is 53.3 Å². The number of aromatic nitrogens is 4. The van der Waals surface area contributed by atoms with Crippen LogP contribution in [0.4, 0.5) is 5.69 Å². The predicted molar refractivity (Wildman–Crippen MR) is 112 cm³/mol. The quantitative estimate of drug-likeness (QED) is 0.527. The highest BCUT2D eigenvalue weighted by Gasteiger charge is 2.19. The molecule has 0 saturated heterocycles. The second kappa shape index (κ2) is 7.75. The second-order valence-electron chi connectivity index (χ2n) is 6.69. The summed E-state index contributed by atoms with van der Waals surface area (Å²) in [6.45, 7) is 6.45. The number of rotatable bonds is 6. The normalized spacial score (nSPS) is 11.1. The smallest absolute Gasteiger partial charge is 0.277 e. The van der Waals surface area contributed by atoms with Gasteiger partial charge in [-0.15, -0.1) is 5.10 Å². The maximum Gasteiger partial charge on any atom is 0.277 e. The van der Waals surface area contributed by atoms with Gasteiger partial charge in [0.25, 0.3) is 11.5 Å².